The summed E-state index contributed by atoms with van der Waals surface area (Å²) in [6.07, 6.45) is 4.20. The molecular weight excluding hydrogens is 404 g/mol. The summed E-state index contributed by atoms with van der Waals surface area (Å²) in [6.45, 7) is 8.62. The van der Waals surface area contributed by atoms with Gasteiger partial charge in [0.05, 0.1) is 16.2 Å². The molecule has 0 bridgehead atoms. The van der Waals surface area contributed by atoms with Crippen molar-refractivity contribution in [3.63, 3.8) is 0 Å². The van der Waals surface area contributed by atoms with Crippen molar-refractivity contribution in [2.45, 2.75) is 65.1 Å². The highest BCUT2D eigenvalue weighted by atomic mass is 16.6. The number of nitro groups is 1. The van der Waals surface area contributed by atoms with E-state index in [0.717, 1.165) is 31.5 Å². The average molecular weight is 439 g/mol. The van der Waals surface area contributed by atoms with Gasteiger partial charge in [0.25, 0.3) is 5.69 Å². The lowest BCUT2D eigenvalue weighted by Gasteiger charge is -2.40. The second kappa shape index (κ2) is 11.1. The Morgan fingerprint density at radius 2 is 1.88 bits per heavy atom. The summed E-state index contributed by atoms with van der Waals surface area (Å²) < 4.78 is 0. The van der Waals surface area contributed by atoms with E-state index in [-0.39, 0.29) is 17.8 Å². The number of benzene rings is 2. The number of anilines is 1. The summed E-state index contributed by atoms with van der Waals surface area (Å²) in [6, 6.07) is 15.2. The fourth-order valence-corrected chi connectivity index (χ4v) is 4.53. The number of piperidine rings is 1. The van der Waals surface area contributed by atoms with Crippen LogP contribution in [0.2, 0.25) is 0 Å². The molecule has 1 aliphatic rings. The first-order valence-electron chi connectivity index (χ1n) is 11.5. The van der Waals surface area contributed by atoms with Gasteiger partial charge in [-0.2, -0.15) is 0 Å². The predicted molar refractivity (Wildman–Crippen MR) is 128 cm³/mol. The Labute approximate surface area is 190 Å². The molecule has 0 aromatic heterocycles. The van der Waals surface area contributed by atoms with Gasteiger partial charge < -0.3 is 15.1 Å². The van der Waals surface area contributed by atoms with Gasteiger partial charge in [0.2, 0.25) is 0 Å². The van der Waals surface area contributed by atoms with Crippen molar-refractivity contribution in [2.75, 3.05) is 18.4 Å². The second-order valence-electron chi connectivity index (χ2n) is 8.66. The molecule has 0 radical (unpaired) electrons. The molecule has 1 N–H and O–H groups in total. The van der Waals surface area contributed by atoms with Crippen LogP contribution in [0.3, 0.4) is 0 Å². The Morgan fingerprint density at radius 1 is 1.19 bits per heavy atom. The SMILES string of the molecule is CCCC(C)N1CCC(N(Cc2ccccc2)C(=O)Nc2cccc([N+](=O)[O-])c2C)CC1. The maximum absolute atomic E-state index is 13.4. The van der Waals surface area contributed by atoms with Gasteiger partial charge in [-0.15, -0.1) is 0 Å². The van der Waals surface area contributed by atoms with E-state index in [2.05, 4.69) is 24.1 Å². The van der Waals surface area contributed by atoms with E-state index in [1.807, 2.05) is 35.2 Å². The van der Waals surface area contributed by atoms with Crippen molar-refractivity contribution in [3.05, 3.63) is 69.8 Å². The maximum Gasteiger partial charge on any atom is 0.322 e. The van der Waals surface area contributed by atoms with Gasteiger partial charge >= 0.3 is 6.03 Å². The van der Waals surface area contributed by atoms with Crippen molar-refractivity contribution in [1.29, 1.82) is 0 Å². The van der Waals surface area contributed by atoms with Crippen LogP contribution in [0.15, 0.2) is 48.5 Å². The lowest BCUT2D eigenvalue weighted by atomic mass is 10.00. The Hall–Kier alpha value is -2.93. The molecule has 1 heterocycles. The molecule has 7 nitrogen and oxygen atoms in total. The molecule has 2 aromatic rings. The molecule has 172 valence electrons. The predicted octanol–water partition coefficient (Wildman–Crippen LogP) is 5.59. The summed E-state index contributed by atoms with van der Waals surface area (Å²) in [5.41, 5.74) is 2.03. The highest BCUT2D eigenvalue weighted by Crippen LogP contribution is 2.27. The highest BCUT2D eigenvalue weighted by molar-refractivity contribution is 5.91. The molecule has 1 unspecified atom stereocenters. The van der Waals surface area contributed by atoms with Gasteiger partial charge in [0.15, 0.2) is 0 Å². The van der Waals surface area contributed by atoms with Crippen LogP contribution >= 0.6 is 0 Å². The fraction of sp³-hybridized carbons (Fsp3) is 0.480. The van der Waals surface area contributed by atoms with Crippen LogP contribution < -0.4 is 5.32 Å². The van der Waals surface area contributed by atoms with Crippen molar-refractivity contribution in [3.8, 4) is 0 Å². The van der Waals surface area contributed by atoms with E-state index >= 15 is 0 Å². The van der Waals surface area contributed by atoms with Crippen molar-refractivity contribution in [2.24, 2.45) is 0 Å². The lowest BCUT2D eigenvalue weighted by molar-refractivity contribution is -0.385. The first kappa shape index (κ1) is 23.7. The number of carbonyl (C=O) groups excluding carboxylic acids is 1. The van der Waals surface area contributed by atoms with Gasteiger partial charge in [-0.3, -0.25) is 10.1 Å². The van der Waals surface area contributed by atoms with Crippen LogP contribution in [0.4, 0.5) is 16.2 Å². The van der Waals surface area contributed by atoms with E-state index in [9.17, 15) is 14.9 Å². The molecule has 0 aliphatic carbocycles. The summed E-state index contributed by atoms with van der Waals surface area (Å²) in [5, 5.41) is 14.2. The molecular formula is C25H34N4O3. The van der Waals surface area contributed by atoms with E-state index in [1.165, 1.54) is 18.9 Å². The summed E-state index contributed by atoms with van der Waals surface area (Å²) in [5.74, 6) is 0. The number of nitro benzene ring substituents is 1. The van der Waals surface area contributed by atoms with Crippen LogP contribution in [0.1, 0.15) is 50.7 Å². The maximum atomic E-state index is 13.4. The topological polar surface area (TPSA) is 78.7 Å². The van der Waals surface area contributed by atoms with Gasteiger partial charge in [-0.05, 0) is 44.7 Å². The van der Waals surface area contributed by atoms with Gasteiger partial charge in [0.1, 0.15) is 0 Å². The van der Waals surface area contributed by atoms with Crippen molar-refractivity contribution < 1.29 is 9.72 Å². The van der Waals surface area contributed by atoms with Crippen LogP contribution in [0.5, 0.6) is 0 Å². The van der Waals surface area contributed by atoms with Crippen molar-refractivity contribution in [1.82, 2.24) is 9.80 Å². The molecule has 2 aromatic carbocycles. The lowest BCUT2D eigenvalue weighted by Crippen LogP contribution is -2.50. The van der Waals surface area contributed by atoms with E-state index in [0.29, 0.717) is 23.8 Å². The minimum atomic E-state index is -0.417. The molecule has 7 heteroatoms. The monoisotopic (exact) mass is 438 g/mol. The number of hydrogen-bond donors (Lipinski definition) is 1. The minimum Gasteiger partial charge on any atom is -0.317 e. The van der Waals surface area contributed by atoms with Gasteiger partial charge in [0, 0.05) is 37.8 Å². The summed E-state index contributed by atoms with van der Waals surface area (Å²) in [7, 11) is 0. The highest BCUT2D eigenvalue weighted by Gasteiger charge is 2.30. The average Bonchev–Trinajstić information content (AvgIpc) is 2.79. The number of nitrogens with zero attached hydrogens (tertiary/aromatic N) is 3. The molecule has 2 amide bonds. The van der Waals surface area contributed by atoms with Crippen LogP contribution in [0.25, 0.3) is 0 Å². The van der Waals surface area contributed by atoms with E-state index < -0.39 is 4.92 Å². The number of nitrogens with one attached hydrogen (secondary N) is 1. The molecule has 32 heavy (non-hydrogen) atoms. The first-order chi connectivity index (χ1) is 15.4. The smallest absolute Gasteiger partial charge is 0.317 e. The number of amides is 2. The number of urea groups is 1. The molecule has 0 spiro atoms. The number of carbonyl (C=O) groups is 1. The number of likely N-dealkylation sites (tertiary alicyclic amines) is 1. The zero-order valence-electron chi connectivity index (χ0n) is 19.3. The molecule has 3 rings (SSSR count). The van der Waals surface area contributed by atoms with Crippen LogP contribution in [-0.2, 0) is 6.54 Å². The number of rotatable bonds is 8. The van der Waals surface area contributed by atoms with Crippen molar-refractivity contribution >= 4 is 17.4 Å². The third-order valence-electron chi connectivity index (χ3n) is 6.47. The first-order valence-corrected chi connectivity index (χ1v) is 11.5. The Morgan fingerprint density at radius 3 is 2.50 bits per heavy atom. The minimum absolute atomic E-state index is 0.00984. The van der Waals surface area contributed by atoms with Crippen LogP contribution in [-0.4, -0.2) is 45.9 Å². The fourth-order valence-electron chi connectivity index (χ4n) is 4.53. The molecule has 1 fully saturated rings. The molecule has 1 aliphatic heterocycles. The third kappa shape index (κ3) is 5.85. The Balaban J connectivity index is 1.77. The molecule has 1 atom stereocenters. The largest absolute Gasteiger partial charge is 0.322 e. The van der Waals surface area contributed by atoms with Crippen LogP contribution in [0, 0.1) is 17.0 Å². The Bertz CT molecular complexity index is 911. The van der Waals surface area contributed by atoms with Gasteiger partial charge in [-0.25, -0.2) is 4.79 Å². The molecule has 0 saturated carbocycles. The molecule has 1 saturated heterocycles. The second-order valence-corrected chi connectivity index (χ2v) is 8.66. The van der Waals surface area contributed by atoms with E-state index in [1.54, 1.807) is 19.1 Å². The Kier molecular flexibility index (Phi) is 8.22. The summed E-state index contributed by atoms with van der Waals surface area (Å²) in [4.78, 5) is 28.7. The zero-order valence-corrected chi connectivity index (χ0v) is 19.3. The zero-order chi connectivity index (χ0) is 23.1. The normalized spacial score (nSPS) is 15.8. The van der Waals surface area contributed by atoms with Gasteiger partial charge in [-0.1, -0.05) is 49.7 Å². The third-order valence-corrected chi connectivity index (χ3v) is 6.47. The summed E-state index contributed by atoms with van der Waals surface area (Å²) >= 11 is 0. The standard InChI is InChI=1S/C25H34N4O3/c1-4-9-19(2)27-16-14-22(15-17-27)28(18-21-10-6-5-7-11-21)25(30)26-23-12-8-13-24(20(23)3)29(31)32/h5-8,10-13,19,22H,4,9,14-18H2,1-3H3,(H,26,30). The van der Waals surface area contributed by atoms with E-state index in [4.69, 9.17) is 0 Å². The number of hydrogen-bond acceptors (Lipinski definition) is 4. The quantitative estimate of drug-likeness (QED) is 0.430.